The Morgan fingerprint density at radius 2 is 1.79 bits per heavy atom. The van der Waals surface area contributed by atoms with E-state index in [9.17, 15) is 0 Å². The molecule has 2 heterocycles. The first-order valence-electron chi connectivity index (χ1n) is 7.93. The number of fused-ring (bicyclic) bond motifs is 1. The van der Waals surface area contributed by atoms with Crippen molar-refractivity contribution in [2.24, 2.45) is 5.41 Å². The Labute approximate surface area is 156 Å². The fourth-order valence-electron chi connectivity index (χ4n) is 3.51. The minimum absolute atomic E-state index is 0. The summed E-state index contributed by atoms with van der Waals surface area (Å²) in [5, 5.41) is 3.43. The maximum atomic E-state index is 5.60. The molecule has 2 aliphatic rings. The highest BCUT2D eigenvalue weighted by Crippen LogP contribution is 2.47. The Morgan fingerprint density at radius 1 is 1.12 bits per heavy atom. The minimum atomic E-state index is 0. The molecule has 0 amide bonds. The molecule has 24 heavy (non-hydrogen) atoms. The molecule has 1 fully saturated rings. The van der Waals surface area contributed by atoms with E-state index in [2.05, 4.69) is 43.1 Å². The Bertz CT molecular complexity index is 543. The summed E-state index contributed by atoms with van der Waals surface area (Å²) in [4.78, 5) is 2.55. The van der Waals surface area contributed by atoms with E-state index in [-0.39, 0.29) is 37.0 Å². The highest BCUT2D eigenvalue weighted by atomic mass is 35.5. The highest BCUT2D eigenvalue weighted by Gasteiger charge is 2.34. The van der Waals surface area contributed by atoms with Gasteiger partial charge in [-0.3, -0.25) is 4.90 Å². The molecule has 1 atom stereocenters. The van der Waals surface area contributed by atoms with Gasteiger partial charge in [0.15, 0.2) is 11.5 Å². The van der Waals surface area contributed by atoms with Gasteiger partial charge in [0.05, 0.1) is 7.11 Å². The summed E-state index contributed by atoms with van der Waals surface area (Å²) in [5.74, 6) is 2.27. The van der Waals surface area contributed by atoms with Gasteiger partial charge in [0.2, 0.25) is 12.5 Å². The van der Waals surface area contributed by atoms with Gasteiger partial charge in [-0.2, -0.15) is 0 Å². The zero-order valence-electron chi connectivity index (χ0n) is 14.8. The first-order valence-corrected chi connectivity index (χ1v) is 7.93. The predicted molar refractivity (Wildman–Crippen MR) is 100 cm³/mol. The quantitative estimate of drug-likeness (QED) is 0.873. The molecule has 1 aromatic carbocycles. The van der Waals surface area contributed by atoms with Crippen molar-refractivity contribution in [1.29, 1.82) is 0 Å². The van der Waals surface area contributed by atoms with Crippen LogP contribution in [0, 0.1) is 5.41 Å². The van der Waals surface area contributed by atoms with E-state index in [1.807, 2.05) is 0 Å². The molecule has 1 N–H and O–H groups in total. The van der Waals surface area contributed by atoms with E-state index in [0.29, 0.717) is 6.04 Å². The second-order valence-corrected chi connectivity index (χ2v) is 7.01. The first-order chi connectivity index (χ1) is 10.5. The van der Waals surface area contributed by atoms with E-state index in [1.54, 1.807) is 7.11 Å². The van der Waals surface area contributed by atoms with Crippen LogP contribution in [-0.4, -0.2) is 45.0 Å². The number of hydrogen-bond donors (Lipinski definition) is 1. The van der Waals surface area contributed by atoms with Crippen molar-refractivity contribution in [3.8, 4) is 17.2 Å². The van der Waals surface area contributed by atoms with Crippen molar-refractivity contribution >= 4 is 24.8 Å². The van der Waals surface area contributed by atoms with Crippen LogP contribution in [0.3, 0.4) is 0 Å². The SMILES string of the molecule is COc1cc([C@@H](N2CCNCC2)C(C)(C)C)cc2c1OCO2.Cl.Cl. The van der Waals surface area contributed by atoms with Gasteiger partial charge in [0, 0.05) is 32.2 Å². The fourth-order valence-corrected chi connectivity index (χ4v) is 3.51. The van der Waals surface area contributed by atoms with Crippen molar-refractivity contribution < 1.29 is 14.2 Å². The van der Waals surface area contributed by atoms with Gasteiger partial charge in [0.1, 0.15) is 0 Å². The summed E-state index contributed by atoms with van der Waals surface area (Å²) in [6.07, 6.45) is 0. The average molecular weight is 379 g/mol. The smallest absolute Gasteiger partial charge is 0.231 e. The van der Waals surface area contributed by atoms with E-state index in [4.69, 9.17) is 14.2 Å². The molecule has 0 spiro atoms. The van der Waals surface area contributed by atoms with Crippen LogP contribution in [0.25, 0.3) is 0 Å². The summed E-state index contributed by atoms with van der Waals surface area (Å²) in [7, 11) is 1.68. The first kappa shape index (κ1) is 21.2. The predicted octanol–water partition coefficient (Wildman–Crippen LogP) is 3.26. The average Bonchev–Trinajstić information content (AvgIpc) is 2.94. The number of hydrogen-bond acceptors (Lipinski definition) is 5. The van der Waals surface area contributed by atoms with E-state index < -0.39 is 0 Å². The maximum absolute atomic E-state index is 5.60. The molecule has 1 saturated heterocycles. The molecule has 5 nitrogen and oxygen atoms in total. The Kier molecular flexibility index (Phi) is 7.47. The molecular formula is C17H28Cl2N2O3. The van der Waals surface area contributed by atoms with E-state index in [1.165, 1.54) is 5.56 Å². The molecule has 0 saturated carbocycles. The van der Waals surface area contributed by atoms with Crippen LogP contribution >= 0.6 is 24.8 Å². The third-order valence-electron chi connectivity index (χ3n) is 4.33. The maximum Gasteiger partial charge on any atom is 0.231 e. The van der Waals surface area contributed by atoms with Gasteiger partial charge >= 0.3 is 0 Å². The van der Waals surface area contributed by atoms with Gasteiger partial charge in [-0.1, -0.05) is 20.8 Å². The van der Waals surface area contributed by atoms with E-state index >= 15 is 0 Å². The number of halogens is 2. The second kappa shape index (κ2) is 8.48. The monoisotopic (exact) mass is 378 g/mol. The van der Waals surface area contributed by atoms with Gasteiger partial charge in [-0.15, -0.1) is 24.8 Å². The van der Waals surface area contributed by atoms with Crippen LogP contribution in [0.1, 0.15) is 32.4 Å². The van der Waals surface area contributed by atoms with Crippen LogP contribution in [0.15, 0.2) is 12.1 Å². The molecule has 0 aliphatic carbocycles. The zero-order chi connectivity index (χ0) is 15.7. The van der Waals surface area contributed by atoms with Crippen molar-refractivity contribution in [1.82, 2.24) is 10.2 Å². The third kappa shape index (κ3) is 4.20. The zero-order valence-corrected chi connectivity index (χ0v) is 16.4. The van der Waals surface area contributed by atoms with Crippen molar-refractivity contribution in [3.05, 3.63) is 17.7 Å². The molecule has 3 rings (SSSR count). The van der Waals surface area contributed by atoms with Crippen molar-refractivity contribution in [2.75, 3.05) is 40.1 Å². The fraction of sp³-hybridized carbons (Fsp3) is 0.647. The summed E-state index contributed by atoms with van der Waals surface area (Å²) in [6, 6.07) is 4.53. The number of methoxy groups -OCH3 is 1. The highest BCUT2D eigenvalue weighted by molar-refractivity contribution is 5.85. The van der Waals surface area contributed by atoms with Crippen molar-refractivity contribution in [2.45, 2.75) is 26.8 Å². The summed E-state index contributed by atoms with van der Waals surface area (Å²) in [6.45, 7) is 11.3. The van der Waals surface area contributed by atoms with Crippen LogP contribution < -0.4 is 19.5 Å². The standard InChI is InChI=1S/C17H26N2O3.2ClH/c1-17(2,3)16(19-7-5-18-6-8-19)12-9-13(20-4)15-14(10-12)21-11-22-15;;/h9-10,16,18H,5-8,11H2,1-4H3;2*1H/t16-;;/m1../s1. The van der Waals surface area contributed by atoms with Gasteiger partial charge in [-0.05, 0) is 23.1 Å². The lowest BCUT2D eigenvalue weighted by Gasteiger charge is -2.42. The van der Waals surface area contributed by atoms with Gasteiger partial charge in [0.25, 0.3) is 0 Å². The molecule has 0 bridgehead atoms. The number of piperazine rings is 1. The lowest BCUT2D eigenvalue weighted by molar-refractivity contribution is 0.0859. The summed E-state index contributed by atoms with van der Waals surface area (Å²) >= 11 is 0. The Morgan fingerprint density at radius 3 is 2.38 bits per heavy atom. The van der Waals surface area contributed by atoms with Crippen LogP contribution in [0.2, 0.25) is 0 Å². The lowest BCUT2D eigenvalue weighted by atomic mass is 9.80. The van der Waals surface area contributed by atoms with Crippen LogP contribution in [0.5, 0.6) is 17.2 Å². The minimum Gasteiger partial charge on any atom is -0.493 e. The number of ether oxygens (including phenoxy) is 3. The number of nitrogens with one attached hydrogen (secondary N) is 1. The second-order valence-electron chi connectivity index (χ2n) is 7.01. The topological polar surface area (TPSA) is 43.0 Å². The molecule has 138 valence electrons. The lowest BCUT2D eigenvalue weighted by Crippen LogP contribution is -2.48. The van der Waals surface area contributed by atoms with Crippen molar-refractivity contribution in [3.63, 3.8) is 0 Å². The largest absolute Gasteiger partial charge is 0.493 e. The molecule has 0 aromatic heterocycles. The molecular weight excluding hydrogens is 351 g/mol. The number of benzene rings is 1. The Balaban J connectivity index is 0.00000144. The summed E-state index contributed by atoms with van der Waals surface area (Å²) in [5.41, 5.74) is 1.35. The third-order valence-corrected chi connectivity index (χ3v) is 4.33. The molecule has 1 aromatic rings. The van der Waals surface area contributed by atoms with Gasteiger partial charge in [-0.25, -0.2) is 0 Å². The molecule has 0 radical (unpaired) electrons. The Hall–Kier alpha value is -0.880. The van der Waals surface area contributed by atoms with E-state index in [0.717, 1.165) is 43.4 Å². The summed E-state index contributed by atoms with van der Waals surface area (Å²) < 4.78 is 16.6. The van der Waals surface area contributed by atoms with Crippen LogP contribution in [-0.2, 0) is 0 Å². The number of rotatable bonds is 3. The molecule has 0 unspecified atom stereocenters. The normalized spacial score (nSPS) is 18.3. The van der Waals surface area contributed by atoms with Gasteiger partial charge < -0.3 is 19.5 Å². The molecule has 7 heteroatoms. The molecule has 2 aliphatic heterocycles. The number of nitrogens with zero attached hydrogens (tertiary/aromatic N) is 1. The van der Waals surface area contributed by atoms with Crippen LogP contribution in [0.4, 0.5) is 0 Å².